The van der Waals surface area contributed by atoms with Crippen molar-refractivity contribution in [2.24, 2.45) is 0 Å². The van der Waals surface area contributed by atoms with E-state index in [0.717, 1.165) is 42.3 Å². The normalized spacial score (nSPS) is 10.3. The monoisotopic (exact) mass is 270 g/mol. The van der Waals surface area contributed by atoms with Crippen molar-refractivity contribution in [1.29, 1.82) is 0 Å². The van der Waals surface area contributed by atoms with E-state index in [0.29, 0.717) is 0 Å². The second-order valence-corrected chi connectivity index (χ2v) is 4.70. The van der Waals surface area contributed by atoms with Gasteiger partial charge >= 0.3 is 0 Å². The number of para-hydroxylation sites is 1. The molecule has 0 aliphatic rings. The van der Waals surface area contributed by atoms with E-state index in [4.69, 9.17) is 0 Å². The van der Waals surface area contributed by atoms with Gasteiger partial charge in [-0.3, -0.25) is 0 Å². The maximum absolute atomic E-state index is 4.47. The molecule has 1 aromatic heterocycles. The average Bonchev–Trinajstić information content (AvgIpc) is 2.52. The third-order valence-electron chi connectivity index (χ3n) is 3.28. The first-order chi connectivity index (χ1) is 9.77. The van der Waals surface area contributed by atoms with Crippen molar-refractivity contribution in [3.63, 3.8) is 0 Å². The predicted molar refractivity (Wildman–Crippen MR) is 84.7 cm³/mol. The molecule has 106 valence electrons. The summed E-state index contributed by atoms with van der Waals surface area (Å²) in [6.45, 7) is 5.22. The Morgan fingerprint density at radius 2 is 1.85 bits per heavy atom. The zero-order chi connectivity index (χ0) is 14.4. The van der Waals surface area contributed by atoms with Gasteiger partial charge in [0.25, 0.3) is 0 Å². The molecule has 4 nitrogen and oxygen atoms in total. The molecule has 1 N–H and O–H groups in total. The molecule has 0 fully saturated rings. The molecule has 4 heteroatoms. The summed E-state index contributed by atoms with van der Waals surface area (Å²) in [5.41, 5.74) is 2.29. The van der Waals surface area contributed by atoms with Crippen LogP contribution in [0, 0.1) is 0 Å². The number of aromatic nitrogens is 2. The number of nitrogens with zero attached hydrogens (tertiary/aromatic N) is 3. The van der Waals surface area contributed by atoms with Gasteiger partial charge in [0, 0.05) is 24.8 Å². The summed E-state index contributed by atoms with van der Waals surface area (Å²) in [4.78, 5) is 11.0. The summed E-state index contributed by atoms with van der Waals surface area (Å²) >= 11 is 0. The molecule has 2 rings (SSSR count). The number of nitrogens with one attached hydrogen (secondary N) is 1. The molecule has 2 aromatic rings. The zero-order valence-electron chi connectivity index (χ0n) is 12.4. The number of hydrogen-bond donors (Lipinski definition) is 1. The Balaban J connectivity index is 2.36. The van der Waals surface area contributed by atoms with Gasteiger partial charge in [0.1, 0.15) is 18.0 Å². The molecule has 0 atom stereocenters. The van der Waals surface area contributed by atoms with Crippen molar-refractivity contribution in [1.82, 2.24) is 9.97 Å². The Hall–Kier alpha value is -2.10. The van der Waals surface area contributed by atoms with Crippen LogP contribution in [0.5, 0.6) is 0 Å². The average molecular weight is 270 g/mol. The first-order valence-electron chi connectivity index (χ1n) is 7.14. The molecule has 0 bridgehead atoms. The fourth-order valence-electron chi connectivity index (χ4n) is 2.19. The molecule has 20 heavy (non-hydrogen) atoms. The fraction of sp³-hybridized carbons (Fsp3) is 0.375. The highest BCUT2D eigenvalue weighted by atomic mass is 15.2. The van der Waals surface area contributed by atoms with Crippen LogP contribution in [0.15, 0.2) is 36.7 Å². The summed E-state index contributed by atoms with van der Waals surface area (Å²) in [6, 6.07) is 10.3. The van der Waals surface area contributed by atoms with Crippen molar-refractivity contribution >= 4 is 17.3 Å². The molecule has 0 spiro atoms. The quantitative estimate of drug-likeness (QED) is 0.870. The van der Waals surface area contributed by atoms with Crippen LogP contribution in [0.4, 0.5) is 17.3 Å². The maximum atomic E-state index is 4.47. The highest BCUT2D eigenvalue weighted by Crippen LogP contribution is 2.28. The smallest absolute Gasteiger partial charge is 0.141 e. The molecular weight excluding hydrogens is 248 g/mol. The van der Waals surface area contributed by atoms with Crippen molar-refractivity contribution in [2.75, 3.05) is 23.8 Å². The summed E-state index contributed by atoms with van der Waals surface area (Å²) in [6.07, 6.45) is 3.61. The minimum atomic E-state index is 0.902. The number of rotatable bonds is 6. The number of anilines is 3. The van der Waals surface area contributed by atoms with Gasteiger partial charge in [0.05, 0.1) is 0 Å². The second kappa shape index (κ2) is 6.89. The van der Waals surface area contributed by atoms with E-state index in [9.17, 15) is 0 Å². The van der Waals surface area contributed by atoms with Gasteiger partial charge in [-0.15, -0.1) is 0 Å². The summed E-state index contributed by atoms with van der Waals surface area (Å²) in [5.74, 6) is 1.91. The van der Waals surface area contributed by atoms with Gasteiger partial charge in [-0.1, -0.05) is 32.0 Å². The van der Waals surface area contributed by atoms with E-state index >= 15 is 0 Å². The fourth-order valence-corrected chi connectivity index (χ4v) is 2.19. The van der Waals surface area contributed by atoms with Gasteiger partial charge < -0.3 is 10.2 Å². The van der Waals surface area contributed by atoms with Crippen molar-refractivity contribution in [2.45, 2.75) is 26.7 Å². The van der Waals surface area contributed by atoms with Crippen LogP contribution in [0.1, 0.15) is 25.8 Å². The standard InChI is InChI=1S/C16H22N4/c1-4-11-17-15-14(5-2)16(19-12-18-15)20(3)13-9-7-6-8-10-13/h6-10,12H,4-5,11H2,1-3H3,(H,17,18,19). The largest absolute Gasteiger partial charge is 0.370 e. The molecule has 0 aliphatic carbocycles. The lowest BCUT2D eigenvalue weighted by atomic mass is 10.2. The molecule has 1 heterocycles. The highest BCUT2D eigenvalue weighted by molar-refractivity contribution is 5.66. The van der Waals surface area contributed by atoms with Crippen LogP contribution >= 0.6 is 0 Å². The molecule has 0 amide bonds. The molecule has 0 unspecified atom stereocenters. The Bertz CT molecular complexity index is 539. The van der Waals surface area contributed by atoms with E-state index < -0.39 is 0 Å². The lowest BCUT2D eigenvalue weighted by molar-refractivity contribution is 0.940. The van der Waals surface area contributed by atoms with Crippen molar-refractivity contribution < 1.29 is 0 Å². The van der Waals surface area contributed by atoms with Crippen LogP contribution in [0.25, 0.3) is 0 Å². The Morgan fingerprint density at radius 3 is 2.50 bits per heavy atom. The molecular formula is C16H22N4. The minimum absolute atomic E-state index is 0.902. The summed E-state index contributed by atoms with van der Waals surface area (Å²) in [7, 11) is 2.04. The van der Waals surface area contributed by atoms with E-state index in [1.54, 1.807) is 6.33 Å². The Labute approximate surface area is 120 Å². The molecule has 0 saturated heterocycles. The zero-order valence-corrected chi connectivity index (χ0v) is 12.4. The summed E-state index contributed by atoms with van der Waals surface area (Å²) < 4.78 is 0. The van der Waals surface area contributed by atoms with E-state index in [-0.39, 0.29) is 0 Å². The van der Waals surface area contributed by atoms with E-state index in [1.165, 1.54) is 0 Å². The molecule has 0 saturated carbocycles. The third kappa shape index (κ3) is 3.07. The SMILES string of the molecule is CCCNc1ncnc(N(C)c2ccccc2)c1CC. The topological polar surface area (TPSA) is 41.1 Å². The minimum Gasteiger partial charge on any atom is -0.370 e. The maximum Gasteiger partial charge on any atom is 0.141 e. The molecule has 1 aromatic carbocycles. The van der Waals surface area contributed by atoms with Crippen LogP contribution in [0.3, 0.4) is 0 Å². The first kappa shape index (κ1) is 14.3. The van der Waals surface area contributed by atoms with Crippen LogP contribution in [-0.2, 0) is 6.42 Å². The third-order valence-corrected chi connectivity index (χ3v) is 3.28. The van der Waals surface area contributed by atoms with E-state index in [2.05, 4.69) is 46.2 Å². The number of hydrogen-bond acceptors (Lipinski definition) is 4. The van der Waals surface area contributed by atoms with Crippen LogP contribution in [-0.4, -0.2) is 23.6 Å². The van der Waals surface area contributed by atoms with Gasteiger partial charge in [-0.25, -0.2) is 9.97 Å². The van der Waals surface area contributed by atoms with Gasteiger partial charge in [-0.2, -0.15) is 0 Å². The number of benzene rings is 1. The van der Waals surface area contributed by atoms with Gasteiger partial charge in [0.15, 0.2) is 0 Å². The Morgan fingerprint density at radius 1 is 1.10 bits per heavy atom. The van der Waals surface area contributed by atoms with Crippen molar-refractivity contribution in [3.8, 4) is 0 Å². The Kier molecular flexibility index (Phi) is 4.93. The highest BCUT2D eigenvalue weighted by Gasteiger charge is 2.14. The predicted octanol–water partition coefficient (Wildman–Crippen LogP) is 3.63. The molecule has 0 radical (unpaired) electrons. The van der Waals surface area contributed by atoms with E-state index in [1.807, 2.05) is 25.2 Å². The molecule has 0 aliphatic heterocycles. The van der Waals surface area contributed by atoms with Gasteiger partial charge in [0.2, 0.25) is 0 Å². The second-order valence-electron chi connectivity index (χ2n) is 4.70. The lowest BCUT2D eigenvalue weighted by Crippen LogP contribution is -2.16. The lowest BCUT2D eigenvalue weighted by Gasteiger charge is -2.22. The van der Waals surface area contributed by atoms with Gasteiger partial charge in [-0.05, 0) is 25.0 Å². The van der Waals surface area contributed by atoms with Crippen LogP contribution in [0.2, 0.25) is 0 Å². The summed E-state index contributed by atoms with van der Waals surface area (Å²) in [5, 5.41) is 3.38. The van der Waals surface area contributed by atoms with Crippen molar-refractivity contribution in [3.05, 3.63) is 42.2 Å². The first-order valence-corrected chi connectivity index (χ1v) is 7.14. The van der Waals surface area contributed by atoms with Crippen LogP contribution < -0.4 is 10.2 Å².